The summed E-state index contributed by atoms with van der Waals surface area (Å²) in [5, 5.41) is 9.17. The van der Waals surface area contributed by atoms with E-state index in [1.807, 2.05) is 64.2 Å². The van der Waals surface area contributed by atoms with Crippen LogP contribution in [0.4, 0.5) is 0 Å². The van der Waals surface area contributed by atoms with Crippen molar-refractivity contribution in [1.82, 2.24) is 19.8 Å². The second kappa shape index (κ2) is 8.02. The number of thioether (sulfide) groups is 1. The van der Waals surface area contributed by atoms with Gasteiger partial charge in [0, 0.05) is 18.7 Å². The van der Waals surface area contributed by atoms with Gasteiger partial charge >= 0.3 is 0 Å². The Hall–Kier alpha value is -3.00. The molecule has 154 valence electrons. The van der Waals surface area contributed by atoms with Crippen LogP contribution in [0.1, 0.15) is 24.4 Å². The normalized spacial score (nSPS) is 20.5. The van der Waals surface area contributed by atoms with Gasteiger partial charge in [-0.15, -0.1) is 10.2 Å². The summed E-state index contributed by atoms with van der Waals surface area (Å²) in [7, 11) is 1.65. The number of likely N-dealkylation sites (tertiary alicyclic amines) is 1. The molecule has 1 fully saturated rings. The molecule has 5 rings (SSSR count). The van der Waals surface area contributed by atoms with Crippen LogP contribution in [0.2, 0.25) is 0 Å². The molecule has 1 aromatic heterocycles. The molecule has 1 saturated heterocycles. The van der Waals surface area contributed by atoms with Crippen molar-refractivity contribution in [2.24, 2.45) is 0 Å². The fourth-order valence-corrected chi connectivity index (χ4v) is 5.16. The zero-order valence-electron chi connectivity index (χ0n) is 16.7. The van der Waals surface area contributed by atoms with Crippen LogP contribution in [0.15, 0.2) is 59.8 Å². The second-order valence-corrected chi connectivity index (χ2v) is 8.57. The highest BCUT2D eigenvalue weighted by molar-refractivity contribution is 8.00. The molecule has 1 N–H and O–H groups in total. The summed E-state index contributed by atoms with van der Waals surface area (Å²) >= 11 is 1.48. The fourth-order valence-electron chi connectivity index (χ4n) is 4.00. The highest BCUT2D eigenvalue weighted by atomic mass is 32.2. The lowest BCUT2D eigenvalue weighted by molar-refractivity contribution is -0.129. The maximum Gasteiger partial charge on any atom is 0.238 e. The number of fused-ring (bicyclic) bond motifs is 1. The standard InChI is InChI=1S/C22H23N5O2S/c1-29-17-11-9-15(10-12-17)18-19(21(28)26-13-5-6-14-26)30-22-24-23-20(27(22)25-18)16-7-3-2-4-8-16/h2-4,7-12,18-19,25H,5-6,13-14H2,1H3/t18-,19+/m1/s1. The third-order valence-electron chi connectivity index (χ3n) is 5.60. The molecule has 0 saturated carbocycles. The summed E-state index contributed by atoms with van der Waals surface area (Å²) in [6.07, 6.45) is 2.14. The maximum atomic E-state index is 13.4. The van der Waals surface area contributed by atoms with Gasteiger partial charge in [-0.25, -0.2) is 4.68 Å². The number of rotatable bonds is 4. The van der Waals surface area contributed by atoms with Gasteiger partial charge in [-0.3, -0.25) is 4.79 Å². The van der Waals surface area contributed by atoms with Crippen LogP contribution in [0, 0.1) is 0 Å². The van der Waals surface area contributed by atoms with Crippen molar-refractivity contribution in [2.75, 3.05) is 25.6 Å². The first-order valence-electron chi connectivity index (χ1n) is 10.1. The average Bonchev–Trinajstić information content (AvgIpc) is 3.48. The van der Waals surface area contributed by atoms with E-state index in [2.05, 4.69) is 15.6 Å². The van der Waals surface area contributed by atoms with Crippen molar-refractivity contribution < 1.29 is 9.53 Å². The summed E-state index contributed by atoms with van der Waals surface area (Å²) in [6, 6.07) is 17.6. The first-order valence-corrected chi connectivity index (χ1v) is 11.0. The summed E-state index contributed by atoms with van der Waals surface area (Å²) in [4.78, 5) is 15.3. The molecule has 3 heterocycles. The largest absolute Gasteiger partial charge is 0.497 e. The molecular weight excluding hydrogens is 398 g/mol. The number of benzene rings is 2. The van der Waals surface area contributed by atoms with E-state index in [0.717, 1.165) is 48.6 Å². The topological polar surface area (TPSA) is 72.3 Å². The molecule has 8 heteroatoms. The highest BCUT2D eigenvalue weighted by Gasteiger charge is 2.40. The molecule has 2 aliphatic rings. The lowest BCUT2D eigenvalue weighted by atomic mass is 10.0. The predicted molar refractivity (Wildman–Crippen MR) is 116 cm³/mol. The Morgan fingerprint density at radius 3 is 2.50 bits per heavy atom. The molecule has 7 nitrogen and oxygen atoms in total. The van der Waals surface area contributed by atoms with Gasteiger partial charge in [0.1, 0.15) is 11.0 Å². The van der Waals surface area contributed by atoms with E-state index < -0.39 is 0 Å². The monoisotopic (exact) mass is 421 g/mol. The summed E-state index contributed by atoms with van der Waals surface area (Å²) in [5.74, 6) is 1.68. The number of methoxy groups -OCH3 is 1. The van der Waals surface area contributed by atoms with Crippen molar-refractivity contribution in [3.05, 3.63) is 60.2 Å². The average molecular weight is 422 g/mol. The molecule has 2 aliphatic heterocycles. The van der Waals surface area contributed by atoms with E-state index in [1.54, 1.807) is 7.11 Å². The fraction of sp³-hybridized carbons (Fsp3) is 0.318. The van der Waals surface area contributed by atoms with Crippen molar-refractivity contribution in [2.45, 2.75) is 29.3 Å². The minimum Gasteiger partial charge on any atom is -0.497 e. The minimum absolute atomic E-state index is 0.154. The number of carbonyl (C=O) groups is 1. The number of carbonyl (C=O) groups excluding carboxylic acids is 1. The lowest BCUT2D eigenvalue weighted by Gasteiger charge is -2.35. The molecule has 0 spiro atoms. The van der Waals surface area contributed by atoms with Crippen LogP contribution in [0.3, 0.4) is 0 Å². The summed E-state index contributed by atoms with van der Waals surface area (Å²) in [5.41, 5.74) is 5.54. The van der Waals surface area contributed by atoms with Gasteiger partial charge in [0.2, 0.25) is 11.1 Å². The van der Waals surface area contributed by atoms with Gasteiger partial charge in [-0.1, -0.05) is 54.2 Å². The van der Waals surface area contributed by atoms with E-state index in [9.17, 15) is 4.79 Å². The van der Waals surface area contributed by atoms with Crippen LogP contribution in [-0.4, -0.2) is 51.1 Å². The first-order chi connectivity index (χ1) is 14.7. The Balaban J connectivity index is 1.53. The van der Waals surface area contributed by atoms with E-state index in [0.29, 0.717) is 5.16 Å². The van der Waals surface area contributed by atoms with Crippen LogP contribution < -0.4 is 10.2 Å². The molecule has 0 radical (unpaired) electrons. The third-order valence-corrected chi connectivity index (χ3v) is 6.81. The number of amides is 1. The van der Waals surface area contributed by atoms with E-state index in [4.69, 9.17) is 4.74 Å². The highest BCUT2D eigenvalue weighted by Crippen LogP contribution is 2.40. The quantitative estimate of drug-likeness (QED) is 0.697. The number of hydrogen-bond acceptors (Lipinski definition) is 6. The van der Waals surface area contributed by atoms with Crippen LogP contribution in [0.25, 0.3) is 11.4 Å². The molecular formula is C22H23N5O2S. The van der Waals surface area contributed by atoms with Gasteiger partial charge in [0.05, 0.1) is 13.2 Å². The lowest BCUT2D eigenvalue weighted by Crippen LogP contribution is -2.45. The summed E-state index contributed by atoms with van der Waals surface area (Å²) in [6.45, 7) is 1.65. The molecule has 2 atom stereocenters. The van der Waals surface area contributed by atoms with Gasteiger partial charge in [0.15, 0.2) is 5.82 Å². The zero-order chi connectivity index (χ0) is 20.5. The SMILES string of the molecule is COc1ccc([C@H]2Nn3c(nnc3-c3ccccc3)S[C@@H]2C(=O)N2CCCC2)cc1. The first kappa shape index (κ1) is 19.0. The Morgan fingerprint density at radius 2 is 1.80 bits per heavy atom. The summed E-state index contributed by atoms with van der Waals surface area (Å²) < 4.78 is 7.21. The van der Waals surface area contributed by atoms with Crippen LogP contribution in [-0.2, 0) is 4.79 Å². The number of aromatic nitrogens is 3. The Kier molecular flexibility index (Phi) is 5.08. The number of hydrogen-bond donors (Lipinski definition) is 1. The molecule has 0 unspecified atom stereocenters. The van der Waals surface area contributed by atoms with Crippen molar-refractivity contribution in [3.63, 3.8) is 0 Å². The van der Waals surface area contributed by atoms with Gasteiger partial charge in [0.25, 0.3) is 0 Å². The Bertz CT molecular complexity index is 1030. The Labute approximate surface area is 179 Å². The zero-order valence-corrected chi connectivity index (χ0v) is 17.5. The molecule has 30 heavy (non-hydrogen) atoms. The molecule has 0 bridgehead atoms. The molecule has 2 aromatic carbocycles. The predicted octanol–water partition coefficient (Wildman–Crippen LogP) is 3.34. The number of ether oxygens (including phenoxy) is 1. The van der Waals surface area contributed by atoms with Crippen molar-refractivity contribution in [3.8, 4) is 17.1 Å². The van der Waals surface area contributed by atoms with Gasteiger partial charge in [-0.05, 0) is 30.5 Å². The molecule has 1 amide bonds. The van der Waals surface area contributed by atoms with E-state index in [-0.39, 0.29) is 17.2 Å². The smallest absolute Gasteiger partial charge is 0.238 e. The van der Waals surface area contributed by atoms with E-state index >= 15 is 0 Å². The second-order valence-electron chi connectivity index (χ2n) is 7.46. The van der Waals surface area contributed by atoms with Gasteiger partial charge in [-0.2, -0.15) is 0 Å². The van der Waals surface area contributed by atoms with Gasteiger partial charge < -0.3 is 15.1 Å². The minimum atomic E-state index is -0.309. The maximum absolute atomic E-state index is 13.4. The van der Waals surface area contributed by atoms with Crippen LogP contribution in [0.5, 0.6) is 5.75 Å². The Morgan fingerprint density at radius 1 is 1.07 bits per heavy atom. The van der Waals surface area contributed by atoms with Crippen molar-refractivity contribution in [1.29, 1.82) is 0 Å². The van der Waals surface area contributed by atoms with Crippen molar-refractivity contribution >= 4 is 17.7 Å². The van der Waals surface area contributed by atoms with Crippen LogP contribution >= 0.6 is 11.8 Å². The van der Waals surface area contributed by atoms with E-state index in [1.165, 1.54) is 11.8 Å². The molecule has 0 aliphatic carbocycles. The number of nitrogens with zero attached hydrogens (tertiary/aromatic N) is 4. The third kappa shape index (κ3) is 3.41. The number of nitrogens with one attached hydrogen (secondary N) is 1. The molecule has 3 aromatic rings.